The SMILES string of the molecule is CN=C(NC)NCCc1sc(C)nc1C.I. The van der Waals surface area contributed by atoms with Gasteiger partial charge in [0.25, 0.3) is 0 Å². The van der Waals surface area contributed by atoms with Crippen LogP contribution in [0.3, 0.4) is 0 Å². The molecule has 0 amide bonds. The maximum atomic E-state index is 4.39. The Balaban J connectivity index is 0.00000225. The van der Waals surface area contributed by atoms with Gasteiger partial charge >= 0.3 is 0 Å². The number of guanidine groups is 1. The normalized spacial score (nSPS) is 10.9. The minimum atomic E-state index is 0. The molecule has 1 aromatic rings. The van der Waals surface area contributed by atoms with Crippen LogP contribution in [0.25, 0.3) is 0 Å². The summed E-state index contributed by atoms with van der Waals surface area (Å²) in [7, 11) is 3.62. The predicted octanol–water partition coefficient (Wildman–Crippen LogP) is 1.72. The lowest BCUT2D eigenvalue weighted by Crippen LogP contribution is -2.35. The van der Waals surface area contributed by atoms with Crippen molar-refractivity contribution in [1.29, 1.82) is 0 Å². The van der Waals surface area contributed by atoms with Crippen molar-refractivity contribution in [3.8, 4) is 0 Å². The maximum Gasteiger partial charge on any atom is 0.190 e. The number of aliphatic imine (C=N–C) groups is 1. The number of aryl methyl sites for hydroxylation is 2. The van der Waals surface area contributed by atoms with E-state index in [2.05, 4.69) is 27.5 Å². The lowest BCUT2D eigenvalue weighted by atomic mass is 10.3. The molecule has 4 nitrogen and oxygen atoms in total. The predicted molar refractivity (Wildman–Crippen MR) is 81.1 cm³/mol. The number of halogens is 1. The van der Waals surface area contributed by atoms with Crippen molar-refractivity contribution in [2.24, 2.45) is 4.99 Å². The Hall–Kier alpha value is -0.370. The summed E-state index contributed by atoms with van der Waals surface area (Å²) in [6.45, 7) is 4.99. The number of rotatable bonds is 3. The summed E-state index contributed by atoms with van der Waals surface area (Å²) in [5.41, 5.74) is 1.15. The van der Waals surface area contributed by atoms with Crippen molar-refractivity contribution in [1.82, 2.24) is 15.6 Å². The number of thiazole rings is 1. The molecule has 0 atom stereocenters. The molecule has 0 spiro atoms. The van der Waals surface area contributed by atoms with E-state index in [1.54, 1.807) is 18.4 Å². The highest BCUT2D eigenvalue weighted by molar-refractivity contribution is 14.0. The monoisotopic (exact) mass is 354 g/mol. The molecule has 2 N–H and O–H groups in total. The third kappa shape index (κ3) is 4.65. The summed E-state index contributed by atoms with van der Waals surface area (Å²) in [4.78, 5) is 9.79. The van der Waals surface area contributed by atoms with Gasteiger partial charge in [0.15, 0.2) is 5.96 Å². The fourth-order valence-electron chi connectivity index (χ4n) is 1.38. The molecule has 0 aliphatic carbocycles. The molecule has 0 aliphatic heterocycles. The lowest BCUT2D eigenvalue weighted by molar-refractivity contribution is 0.836. The summed E-state index contributed by atoms with van der Waals surface area (Å²) >= 11 is 1.77. The minimum absolute atomic E-state index is 0. The van der Waals surface area contributed by atoms with Gasteiger partial charge in [0.05, 0.1) is 10.7 Å². The van der Waals surface area contributed by atoms with Crippen LogP contribution in [0.5, 0.6) is 0 Å². The number of nitrogens with one attached hydrogen (secondary N) is 2. The fraction of sp³-hybridized carbons (Fsp3) is 0.600. The van der Waals surface area contributed by atoms with Gasteiger partial charge in [-0.25, -0.2) is 4.98 Å². The van der Waals surface area contributed by atoms with Gasteiger partial charge in [-0.1, -0.05) is 0 Å². The number of hydrogen-bond donors (Lipinski definition) is 2. The Morgan fingerprint density at radius 3 is 2.56 bits per heavy atom. The number of nitrogens with zero attached hydrogens (tertiary/aromatic N) is 2. The molecular formula is C10H19IN4S. The summed E-state index contributed by atoms with van der Waals surface area (Å²) in [5, 5.41) is 7.35. The zero-order valence-corrected chi connectivity index (χ0v) is 13.3. The molecule has 6 heteroatoms. The first kappa shape index (κ1) is 15.6. The van der Waals surface area contributed by atoms with E-state index in [1.165, 1.54) is 4.88 Å². The van der Waals surface area contributed by atoms with Crippen LogP contribution in [0, 0.1) is 13.8 Å². The van der Waals surface area contributed by atoms with Gasteiger partial charge in [-0.15, -0.1) is 35.3 Å². The molecule has 1 rings (SSSR count). The largest absolute Gasteiger partial charge is 0.359 e. The summed E-state index contributed by atoms with van der Waals surface area (Å²) < 4.78 is 0. The van der Waals surface area contributed by atoms with Crippen LogP contribution in [0.15, 0.2) is 4.99 Å². The zero-order chi connectivity index (χ0) is 11.3. The van der Waals surface area contributed by atoms with E-state index in [0.717, 1.165) is 29.6 Å². The molecule has 0 bridgehead atoms. The van der Waals surface area contributed by atoms with Crippen molar-refractivity contribution in [2.75, 3.05) is 20.6 Å². The van der Waals surface area contributed by atoms with Crippen LogP contribution in [0.4, 0.5) is 0 Å². The molecule has 0 aliphatic rings. The van der Waals surface area contributed by atoms with E-state index in [9.17, 15) is 0 Å². The van der Waals surface area contributed by atoms with E-state index in [0.29, 0.717) is 0 Å². The Morgan fingerprint density at radius 2 is 2.12 bits per heavy atom. The Bertz CT molecular complexity index is 349. The molecule has 0 saturated heterocycles. The quantitative estimate of drug-likeness (QED) is 0.494. The van der Waals surface area contributed by atoms with E-state index in [4.69, 9.17) is 0 Å². The van der Waals surface area contributed by atoms with Crippen molar-refractivity contribution >= 4 is 41.3 Å². The van der Waals surface area contributed by atoms with Crippen LogP contribution in [-0.2, 0) is 6.42 Å². The van der Waals surface area contributed by atoms with Crippen molar-refractivity contribution in [3.63, 3.8) is 0 Å². The highest BCUT2D eigenvalue weighted by Gasteiger charge is 2.04. The van der Waals surface area contributed by atoms with Crippen LogP contribution in [0.1, 0.15) is 15.6 Å². The molecule has 0 fully saturated rings. The third-order valence-corrected chi connectivity index (χ3v) is 3.24. The topological polar surface area (TPSA) is 49.3 Å². The van der Waals surface area contributed by atoms with Gasteiger partial charge in [-0.05, 0) is 13.8 Å². The molecule has 0 radical (unpaired) electrons. The van der Waals surface area contributed by atoms with Gasteiger partial charge < -0.3 is 10.6 Å². The first-order valence-electron chi connectivity index (χ1n) is 4.98. The average molecular weight is 354 g/mol. The molecular weight excluding hydrogens is 335 g/mol. The van der Waals surface area contributed by atoms with Gasteiger partial charge in [0, 0.05) is 31.9 Å². The standard InChI is InChI=1S/C10H18N4S.HI/c1-7-9(15-8(2)14-7)5-6-13-10(11-3)12-4;/h5-6H2,1-4H3,(H2,11,12,13);1H. The van der Waals surface area contributed by atoms with Crippen molar-refractivity contribution in [2.45, 2.75) is 20.3 Å². The van der Waals surface area contributed by atoms with E-state index in [-0.39, 0.29) is 24.0 Å². The van der Waals surface area contributed by atoms with Gasteiger partial charge in [0.2, 0.25) is 0 Å². The second-order valence-corrected chi connectivity index (χ2v) is 4.53. The van der Waals surface area contributed by atoms with E-state index >= 15 is 0 Å². The van der Waals surface area contributed by atoms with Gasteiger partial charge in [0.1, 0.15) is 0 Å². The van der Waals surface area contributed by atoms with Crippen LogP contribution < -0.4 is 10.6 Å². The molecule has 16 heavy (non-hydrogen) atoms. The van der Waals surface area contributed by atoms with Crippen LogP contribution in [-0.4, -0.2) is 31.6 Å². The van der Waals surface area contributed by atoms with Gasteiger partial charge in [-0.3, -0.25) is 4.99 Å². The highest BCUT2D eigenvalue weighted by atomic mass is 127. The molecule has 0 aromatic carbocycles. The second kappa shape index (κ2) is 7.83. The maximum absolute atomic E-state index is 4.39. The molecule has 92 valence electrons. The molecule has 1 aromatic heterocycles. The van der Waals surface area contributed by atoms with Crippen molar-refractivity contribution < 1.29 is 0 Å². The minimum Gasteiger partial charge on any atom is -0.359 e. The summed E-state index contributed by atoms with van der Waals surface area (Å²) in [5.74, 6) is 0.828. The lowest BCUT2D eigenvalue weighted by Gasteiger charge is -2.07. The van der Waals surface area contributed by atoms with Crippen LogP contribution >= 0.6 is 35.3 Å². The molecule has 0 unspecified atom stereocenters. The van der Waals surface area contributed by atoms with E-state index in [1.807, 2.05) is 14.0 Å². The second-order valence-electron chi connectivity index (χ2n) is 3.24. The highest BCUT2D eigenvalue weighted by Crippen LogP contribution is 2.16. The first-order valence-corrected chi connectivity index (χ1v) is 5.80. The Labute approximate surface area is 118 Å². The molecule has 0 saturated carbocycles. The third-order valence-electron chi connectivity index (χ3n) is 2.10. The fourth-order valence-corrected chi connectivity index (χ4v) is 2.32. The average Bonchev–Trinajstić information content (AvgIpc) is 2.52. The molecule has 1 heterocycles. The van der Waals surface area contributed by atoms with Crippen molar-refractivity contribution in [3.05, 3.63) is 15.6 Å². The summed E-state index contributed by atoms with van der Waals surface area (Å²) in [6.07, 6.45) is 0.998. The Kier molecular flexibility index (Phi) is 7.65. The first-order chi connectivity index (χ1) is 7.17. The number of aromatic nitrogens is 1. The van der Waals surface area contributed by atoms with E-state index < -0.39 is 0 Å². The smallest absolute Gasteiger partial charge is 0.190 e. The Morgan fingerprint density at radius 1 is 1.44 bits per heavy atom. The number of hydrogen-bond acceptors (Lipinski definition) is 3. The summed E-state index contributed by atoms with van der Waals surface area (Å²) in [6, 6.07) is 0. The van der Waals surface area contributed by atoms with Crippen LogP contribution in [0.2, 0.25) is 0 Å². The van der Waals surface area contributed by atoms with Gasteiger partial charge in [-0.2, -0.15) is 0 Å². The zero-order valence-electron chi connectivity index (χ0n) is 10.1.